The van der Waals surface area contributed by atoms with Gasteiger partial charge in [0.15, 0.2) is 0 Å². The van der Waals surface area contributed by atoms with E-state index < -0.39 is 0 Å². The molecule has 3 N–H and O–H groups in total. The maximum atomic E-state index is 11.8. The summed E-state index contributed by atoms with van der Waals surface area (Å²) < 4.78 is 0. The maximum absolute atomic E-state index is 11.8. The topological polar surface area (TPSA) is 55.1 Å². The van der Waals surface area contributed by atoms with Gasteiger partial charge < -0.3 is 11.1 Å². The molecule has 0 aliphatic heterocycles. The van der Waals surface area contributed by atoms with E-state index in [-0.39, 0.29) is 5.91 Å². The van der Waals surface area contributed by atoms with E-state index >= 15 is 0 Å². The highest BCUT2D eigenvalue weighted by Crippen LogP contribution is 2.29. The average Bonchev–Trinajstić information content (AvgIpc) is 2.32. The van der Waals surface area contributed by atoms with Crippen molar-refractivity contribution in [2.75, 3.05) is 11.9 Å². The number of hydrogen-bond donors (Lipinski definition) is 2. The molecule has 1 aromatic rings. The van der Waals surface area contributed by atoms with Crippen LogP contribution in [0.5, 0.6) is 0 Å². The van der Waals surface area contributed by atoms with E-state index in [0.29, 0.717) is 18.9 Å². The lowest BCUT2D eigenvalue weighted by Crippen LogP contribution is -2.20. The summed E-state index contributed by atoms with van der Waals surface area (Å²) in [5, 5.41) is 2.92. The fourth-order valence-corrected chi connectivity index (χ4v) is 2.00. The molecule has 94 valence electrons. The quantitative estimate of drug-likeness (QED) is 0.798. The predicted octanol–water partition coefficient (Wildman–Crippen LogP) is 2.13. The first kappa shape index (κ1) is 12.7. The molecule has 0 radical (unpaired) electrons. The minimum atomic E-state index is 0.101. The van der Waals surface area contributed by atoms with Crippen molar-refractivity contribution >= 4 is 11.6 Å². The van der Waals surface area contributed by atoms with Crippen LogP contribution in [0.25, 0.3) is 0 Å². The Morgan fingerprint density at radius 3 is 2.94 bits per heavy atom. The highest BCUT2D eigenvalue weighted by atomic mass is 16.1. The van der Waals surface area contributed by atoms with Crippen LogP contribution in [0.3, 0.4) is 0 Å². The largest absolute Gasteiger partial charge is 0.326 e. The Kier molecular flexibility index (Phi) is 4.38. The Bertz CT molecular complexity index is 481. The summed E-state index contributed by atoms with van der Waals surface area (Å²) in [7, 11) is 0. The van der Waals surface area contributed by atoms with E-state index in [1.165, 1.54) is 19.3 Å². The SMILES string of the molecule is NCC#Cc1cccc(NC(=O)CC2CCC2)c1. The molecule has 1 fully saturated rings. The van der Waals surface area contributed by atoms with Gasteiger partial charge >= 0.3 is 0 Å². The molecule has 1 aliphatic carbocycles. The smallest absolute Gasteiger partial charge is 0.224 e. The first-order valence-corrected chi connectivity index (χ1v) is 6.37. The van der Waals surface area contributed by atoms with Gasteiger partial charge in [0.25, 0.3) is 0 Å². The molecule has 1 aromatic carbocycles. The van der Waals surface area contributed by atoms with Crippen LogP contribution >= 0.6 is 0 Å². The lowest BCUT2D eigenvalue weighted by atomic mass is 9.83. The van der Waals surface area contributed by atoms with E-state index in [1.807, 2.05) is 24.3 Å². The highest BCUT2D eigenvalue weighted by Gasteiger charge is 2.20. The summed E-state index contributed by atoms with van der Waals surface area (Å²) in [6.45, 7) is 0.346. The molecular weight excluding hydrogens is 224 g/mol. The minimum Gasteiger partial charge on any atom is -0.326 e. The van der Waals surface area contributed by atoms with Crippen LogP contribution in [-0.2, 0) is 4.79 Å². The van der Waals surface area contributed by atoms with Crippen molar-refractivity contribution in [1.29, 1.82) is 0 Å². The molecule has 1 aliphatic rings. The van der Waals surface area contributed by atoms with Gasteiger partial charge in [0.2, 0.25) is 5.91 Å². The Morgan fingerprint density at radius 2 is 2.28 bits per heavy atom. The fourth-order valence-electron chi connectivity index (χ4n) is 2.00. The first-order valence-electron chi connectivity index (χ1n) is 6.37. The van der Waals surface area contributed by atoms with E-state index in [9.17, 15) is 4.79 Å². The fraction of sp³-hybridized carbons (Fsp3) is 0.400. The summed E-state index contributed by atoms with van der Waals surface area (Å²) in [5.74, 6) is 6.44. The van der Waals surface area contributed by atoms with Crippen LogP contribution in [0.1, 0.15) is 31.2 Å². The van der Waals surface area contributed by atoms with Crippen molar-refractivity contribution in [3.8, 4) is 11.8 Å². The molecule has 0 aromatic heterocycles. The van der Waals surface area contributed by atoms with E-state index in [1.54, 1.807) is 0 Å². The van der Waals surface area contributed by atoms with Crippen molar-refractivity contribution in [2.24, 2.45) is 11.7 Å². The number of rotatable bonds is 3. The van der Waals surface area contributed by atoms with Crippen LogP contribution in [0.15, 0.2) is 24.3 Å². The zero-order valence-corrected chi connectivity index (χ0v) is 10.4. The van der Waals surface area contributed by atoms with E-state index in [2.05, 4.69) is 17.2 Å². The zero-order valence-electron chi connectivity index (χ0n) is 10.4. The maximum Gasteiger partial charge on any atom is 0.224 e. The van der Waals surface area contributed by atoms with Crippen LogP contribution in [-0.4, -0.2) is 12.5 Å². The standard InChI is InChI=1S/C15H18N2O/c16-9-3-7-12-6-2-8-14(10-12)17-15(18)11-13-4-1-5-13/h2,6,8,10,13H,1,4-5,9,11,16H2,(H,17,18). The number of amides is 1. The van der Waals surface area contributed by atoms with Gasteiger partial charge in [-0.25, -0.2) is 0 Å². The number of carbonyl (C=O) groups excluding carboxylic acids is 1. The lowest BCUT2D eigenvalue weighted by Gasteiger charge is -2.24. The third-order valence-electron chi connectivity index (χ3n) is 3.18. The Morgan fingerprint density at radius 1 is 1.44 bits per heavy atom. The van der Waals surface area contributed by atoms with Gasteiger partial charge in [-0.05, 0) is 37.0 Å². The molecule has 0 unspecified atom stereocenters. The van der Waals surface area contributed by atoms with Gasteiger partial charge in [0, 0.05) is 17.7 Å². The van der Waals surface area contributed by atoms with Crippen molar-refractivity contribution in [3.05, 3.63) is 29.8 Å². The minimum absolute atomic E-state index is 0.101. The molecule has 0 atom stereocenters. The van der Waals surface area contributed by atoms with Gasteiger partial charge in [0.05, 0.1) is 6.54 Å². The number of benzene rings is 1. The second-order valence-electron chi connectivity index (χ2n) is 4.64. The van der Waals surface area contributed by atoms with Gasteiger partial charge in [-0.3, -0.25) is 4.79 Å². The van der Waals surface area contributed by atoms with Crippen molar-refractivity contribution < 1.29 is 4.79 Å². The van der Waals surface area contributed by atoms with Gasteiger partial charge in [-0.15, -0.1) is 0 Å². The number of nitrogens with one attached hydrogen (secondary N) is 1. The third-order valence-corrected chi connectivity index (χ3v) is 3.18. The molecule has 0 bridgehead atoms. The summed E-state index contributed by atoms with van der Waals surface area (Å²) in [4.78, 5) is 11.8. The summed E-state index contributed by atoms with van der Waals surface area (Å²) in [6, 6.07) is 7.55. The van der Waals surface area contributed by atoms with Crippen LogP contribution < -0.4 is 11.1 Å². The normalized spacial score (nSPS) is 14.3. The molecule has 0 saturated heterocycles. The van der Waals surface area contributed by atoms with Crippen molar-refractivity contribution in [2.45, 2.75) is 25.7 Å². The monoisotopic (exact) mass is 242 g/mol. The summed E-state index contributed by atoms with van der Waals surface area (Å²) in [5.41, 5.74) is 7.01. The Balaban J connectivity index is 1.93. The van der Waals surface area contributed by atoms with Crippen LogP contribution in [0.4, 0.5) is 5.69 Å². The van der Waals surface area contributed by atoms with Crippen LogP contribution in [0, 0.1) is 17.8 Å². The van der Waals surface area contributed by atoms with Crippen molar-refractivity contribution in [3.63, 3.8) is 0 Å². The molecule has 2 rings (SSSR count). The lowest BCUT2D eigenvalue weighted by molar-refractivity contribution is -0.117. The molecule has 3 heteroatoms. The van der Waals surface area contributed by atoms with Crippen molar-refractivity contribution in [1.82, 2.24) is 0 Å². The predicted molar refractivity (Wildman–Crippen MR) is 73.0 cm³/mol. The zero-order chi connectivity index (χ0) is 12.8. The Hall–Kier alpha value is -1.79. The molecular formula is C15H18N2O. The summed E-state index contributed by atoms with van der Waals surface area (Å²) >= 11 is 0. The Labute approximate surface area is 108 Å². The summed E-state index contributed by atoms with van der Waals surface area (Å²) in [6.07, 6.45) is 4.28. The first-order chi connectivity index (χ1) is 8.78. The number of hydrogen-bond acceptors (Lipinski definition) is 2. The van der Waals surface area contributed by atoms with E-state index in [0.717, 1.165) is 11.3 Å². The average molecular weight is 242 g/mol. The second-order valence-corrected chi connectivity index (χ2v) is 4.64. The molecule has 18 heavy (non-hydrogen) atoms. The second kappa shape index (κ2) is 6.23. The highest BCUT2D eigenvalue weighted by molar-refractivity contribution is 5.91. The third kappa shape index (κ3) is 3.61. The molecule has 0 spiro atoms. The number of carbonyl (C=O) groups is 1. The van der Waals surface area contributed by atoms with Crippen LogP contribution in [0.2, 0.25) is 0 Å². The molecule has 1 saturated carbocycles. The number of nitrogens with two attached hydrogens (primary N) is 1. The van der Waals surface area contributed by atoms with Gasteiger partial charge in [0.1, 0.15) is 0 Å². The number of anilines is 1. The van der Waals surface area contributed by atoms with E-state index in [4.69, 9.17) is 5.73 Å². The molecule has 3 nitrogen and oxygen atoms in total. The molecule has 0 heterocycles. The molecule has 1 amide bonds. The van der Waals surface area contributed by atoms with Gasteiger partial charge in [-0.1, -0.05) is 24.3 Å². The van der Waals surface area contributed by atoms with Gasteiger partial charge in [-0.2, -0.15) is 0 Å².